The normalized spacial score (nSPS) is 12.2. The maximum absolute atomic E-state index is 12.2. The largest absolute Gasteiger partial charge is 0.315 e. The Morgan fingerprint density at radius 2 is 1.95 bits per heavy atom. The zero-order valence-electron chi connectivity index (χ0n) is 13.3. The van der Waals surface area contributed by atoms with Gasteiger partial charge in [-0.2, -0.15) is 5.10 Å². The van der Waals surface area contributed by atoms with Gasteiger partial charge in [0.1, 0.15) is 4.90 Å². The summed E-state index contributed by atoms with van der Waals surface area (Å²) in [6.07, 6.45) is 6.03. The first-order valence-corrected chi connectivity index (χ1v) is 9.24. The van der Waals surface area contributed by atoms with Gasteiger partial charge in [-0.3, -0.25) is 4.68 Å². The smallest absolute Gasteiger partial charge is 0.243 e. The summed E-state index contributed by atoms with van der Waals surface area (Å²) < 4.78 is 28.7. The minimum Gasteiger partial charge on any atom is -0.315 e. The molecule has 0 unspecified atom stereocenters. The van der Waals surface area contributed by atoms with Gasteiger partial charge in [0.05, 0.1) is 12.7 Å². The van der Waals surface area contributed by atoms with Gasteiger partial charge < -0.3 is 5.32 Å². The number of hydrogen-bond acceptors (Lipinski definition) is 4. The van der Waals surface area contributed by atoms with E-state index in [2.05, 4.69) is 35.9 Å². The average molecular weight is 316 g/mol. The third-order valence-corrected chi connectivity index (χ3v) is 4.96. The van der Waals surface area contributed by atoms with Crippen molar-refractivity contribution < 1.29 is 8.42 Å². The molecule has 1 aromatic rings. The molecule has 0 aromatic carbocycles. The molecule has 0 bridgehead atoms. The average Bonchev–Trinajstić information content (AvgIpc) is 2.94. The van der Waals surface area contributed by atoms with Crippen LogP contribution in [0, 0.1) is 5.92 Å². The van der Waals surface area contributed by atoms with E-state index in [1.54, 1.807) is 10.9 Å². The monoisotopic (exact) mass is 316 g/mol. The van der Waals surface area contributed by atoms with Crippen LogP contribution in [0.5, 0.6) is 0 Å². The van der Waals surface area contributed by atoms with Crippen LogP contribution in [-0.4, -0.2) is 37.8 Å². The first-order chi connectivity index (χ1) is 10.0. The molecule has 0 radical (unpaired) electrons. The Bertz CT molecular complexity index is 495. The molecule has 0 spiro atoms. The number of aromatic nitrogens is 2. The van der Waals surface area contributed by atoms with E-state index in [1.807, 2.05) is 0 Å². The Balaban J connectivity index is 2.53. The Labute approximate surface area is 128 Å². The summed E-state index contributed by atoms with van der Waals surface area (Å²) in [7, 11) is -3.44. The summed E-state index contributed by atoms with van der Waals surface area (Å²) in [6, 6.07) is 0. The second kappa shape index (κ2) is 9.17. The van der Waals surface area contributed by atoms with Crippen LogP contribution in [0.1, 0.15) is 40.0 Å². The molecule has 0 saturated heterocycles. The molecule has 0 saturated carbocycles. The fourth-order valence-corrected chi connectivity index (χ4v) is 3.06. The first-order valence-electron chi connectivity index (χ1n) is 7.76. The van der Waals surface area contributed by atoms with Crippen LogP contribution in [0.2, 0.25) is 0 Å². The predicted molar refractivity (Wildman–Crippen MR) is 84.6 cm³/mol. The molecular formula is C14H28N4O2S. The topological polar surface area (TPSA) is 76.0 Å². The molecule has 1 aromatic heterocycles. The lowest BCUT2D eigenvalue weighted by Crippen LogP contribution is -2.28. The minimum atomic E-state index is -3.44. The molecule has 0 amide bonds. The van der Waals surface area contributed by atoms with Gasteiger partial charge in [0.2, 0.25) is 10.0 Å². The predicted octanol–water partition coefficient (Wildman–Crippen LogP) is 1.60. The Kier molecular flexibility index (Phi) is 7.92. The van der Waals surface area contributed by atoms with Gasteiger partial charge in [-0.15, -0.1) is 0 Å². The van der Waals surface area contributed by atoms with E-state index in [4.69, 9.17) is 0 Å². The molecular weight excluding hydrogens is 288 g/mol. The van der Waals surface area contributed by atoms with Gasteiger partial charge in [-0.05, 0) is 18.9 Å². The second-order valence-electron chi connectivity index (χ2n) is 5.22. The highest BCUT2D eigenvalue weighted by Crippen LogP contribution is 2.10. The molecule has 6 nitrogen and oxygen atoms in total. The third-order valence-electron chi connectivity index (χ3n) is 3.58. The maximum Gasteiger partial charge on any atom is 0.243 e. The summed E-state index contributed by atoms with van der Waals surface area (Å²) in [6.45, 7) is 9.16. The van der Waals surface area contributed by atoms with Crippen molar-refractivity contribution in [2.45, 2.75) is 51.5 Å². The summed E-state index contributed by atoms with van der Waals surface area (Å²) in [5.74, 6) is 0.382. The summed E-state index contributed by atoms with van der Waals surface area (Å²) in [5.41, 5.74) is 0. The molecule has 2 N–H and O–H groups in total. The zero-order valence-corrected chi connectivity index (χ0v) is 14.1. The Hall–Kier alpha value is -0.920. The van der Waals surface area contributed by atoms with E-state index < -0.39 is 10.0 Å². The van der Waals surface area contributed by atoms with Crippen molar-refractivity contribution in [3.8, 4) is 0 Å². The molecule has 0 aliphatic rings. The fraction of sp³-hybridized carbons (Fsp3) is 0.786. The highest BCUT2D eigenvalue weighted by Gasteiger charge is 2.17. The van der Waals surface area contributed by atoms with Crippen LogP contribution >= 0.6 is 0 Å². The Morgan fingerprint density at radius 1 is 1.24 bits per heavy atom. The van der Waals surface area contributed by atoms with E-state index in [-0.39, 0.29) is 4.90 Å². The fourth-order valence-electron chi connectivity index (χ4n) is 1.99. The first kappa shape index (κ1) is 18.1. The maximum atomic E-state index is 12.2. The van der Waals surface area contributed by atoms with Crippen LogP contribution in [-0.2, 0) is 16.6 Å². The van der Waals surface area contributed by atoms with E-state index in [9.17, 15) is 8.42 Å². The zero-order chi connectivity index (χ0) is 15.7. The van der Waals surface area contributed by atoms with E-state index >= 15 is 0 Å². The van der Waals surface area contributed by atoms with Gasteiger partial charge in [0, 0.05) is 19.3 Å². The van der Waals surface area contributed by atoms with Gasteiger partial charge in [-0.1, -0.05) is 33.6 Å². The molecule has 7 heteroatoms. The number of rotatable bonds is 11. The number of nitrogens with zero attached hydrogens (tertiary/aromatic N) is 2. The number of nitrogens with one attached hydrogen (secondary N) is 2. The van der Waals surface area contributed by atoms with Gasteiger partial charge in [0.25, 0.3) is 0 Å². The highest BCUT2D eigenvalue weighted by molar-refractivity contribution is 7.89. The Morgan fingerprint density at radius 3 is 2.57 bits per heavy atom. The lowest BCUT2D eigenvalue weighted by Gasteiger charge is -2.12. The van der Waals surface area contributed by atoms with Gasteiger partial charge in [-0.25, -0.2) is 13.1 Å². The summed E-state index contributed by atoms with van der Waals surface area (Å²) in [4.78, 5) is 0.240. The highest BCUT2D eigenvalue weighted by atomic mass is 32.2. The lowest BCUT2D eigenvalue weighted by molar-refractivity contribution is 0.479. The number of hydrogen-bond donors (Lipinski definition) is 2. The van der Waals surface area contributed by atoms with E-state index in [0.29, 0.717) is 19.0 Å². The molecule has 1 heterocycles. The molecule has 0 aliphatic carbocycles. The van der Waals surface area contributed by atoms with Gasteiger partial charge >= 0.3 is 0 Å². The molecule has 0 fully saturated rings. The van der Waals surface area contributed by atoms with Crippen molar-refractivity contribution in [3.63, 3.8) is 0 Å². The lowest BCUT2D eigenvalue weighted by atomic mass is 10.0. The van der Waals surface area contributed by atoms with Crippen LogP contribution in [0.15, 0.2) is 17.3 Å². The molecule has 0 aliphatic heterocycles. The summed E-state index contributed by atoms with van der Waals surface area (Å²) in [5, 5.41) is 7.37. The van der Waals surface area contributed by atoms with Crippen molar-refractivity contribution in [2.24, 2.45) is 5.92 Å². The SMILES string of the molecule is CCCNCCn1cc(S(=O)(=O)NCC(CC)CC)cn1. The van der Waals surface area contributed by atoms with Crippen LogP contribution in [0.25, 0.3) is 0 Å². The number of sulfonamides is 1. The van der Waals surface area contributed by atoms with Crippen molar-refractivity contribution in [3.05, 3.63) is 12.4 Å². The standard InChI is InChI=1S/C14H28N4O2S/c1-4-7-15-8-9-18-12-14(11-16-18)21(19,20)17-10-13(5-2)6-3/h11-13,15,17H,4-10H2,1-3H3. The molecule has 122 valence electrons. The van der Waals surface area contributed by atoms with Crippen molar-refractivity contribution in [1.29, 1.82) is 0 Å². The van der Waals surface area contributed by atoms with Gasteiger partial charge in [0.15, 0.2) is 0 Å². The molecule has 21 heavy (non-hydrogen) atoms. The van der Waals surface area contributed by atoms with Crippen LogP contribution in [0.3, 0.4) is 0 Å². The van der Waals surface area contributed by atoms with Crippen molar-refractivity contribution in [2.75, 3.05) is 19.6 Å². The van der Waals surface area contributed by atoms with E-state index in [0.717, 1.165) is 32.4 Å². The van der Waals surface area contributed by atoms with Crippen LogP contribution in [0.4, 0.5) is 0 Å². The summed E-state index contributed by atoms with van der Waals surface area (Å²) >= 11 is 0. The van der Waals surface area contributed by atoms with Crippen LogP contribution < -0.4 is 10.0 Å². The third kappa shape index (κ3) is 6.15. The second-order valence-corrected chi connectivity index (χ2v) is 6.99. The minimum absolute atomic E-state index is 0.240. The van der Waals surface area contributed by atoms with Crippen molar-refractivity contribution in [1.82, 2.24) is 19.8 Å². The quantitative estimate of drug-likeness (QED) is 0.608. The molecule has 1 rings (SSSR count). The van der Waals surface area contributed by atoms with E-state index in [1.165, 1.54) is 6.20 Å². The molecule has 0 atom stereocenters. The van der Waals surface area contributed by atoms with Crippen molar-refractivity contribution >= 4 is 10.0 Å².